The first-order chi connectivity index (χ1) is 24.6. The van der Waals surface area contributed by atoms with Crippen LogP contribution in [-0.4, -0.2) is 55.2 Å². The van der Waals surface area contributed by atoms with Gasteiger partial charge in [0.15, 0.2) is 0 Å². The van der Waals surface area contributed by atoms with E-state index in [4.69, 9.17) is 14.2 Å². The zero-order valence-electron chi connectivity index (χ0n) is 31.5. The Morgan fingerprint density at radius 2 is 1.35 bits per heavy atom. The van der Waals surface area contributed by atoms with Gasteiger partial charge in [-0.1, -0.05) is 75.8 Å². The highest BCUT2D eigenvalue weighted by Crippen LogP contribution is 2.37. The van der Waals surface area contributed by atoms with Gasteiger partial charge in [-0.15, -0.1) is 0 Å². The van der Waals surface area contributed by atoms with Gasteiger partial charge in [-0.2, -0.15) is 0 Å². The maximum absolute atomic E-state index is 12.1. The number of hydrogen-bond acceptors (Lipinski definition) is 7. The molecule has 0 aliphatic heterocycles. The lowest BCUT2D eigenvalue weighted by Gasteiger charge is -2.21. The Morgan fingerprint density at radius 1 is 0.745 bits per heavy atom. The van der Waals surface area contributed by atoms with Gasteiger partial charge in [0.1, 0.15) is 5.75 Å². The average Bonchev–Trinajstić information content (AvgIpc) is 3.13. The number of unbranched alkanes of at least 4 members (excludes halogenated alkanes) is 2. The van der Waals surface area contributed by atoms with Crippen molar-refractivity contribution in [3.8, 4) is 16.9 Å². The second-order valence-electron chi connectivity index (χ2n) is 13.7. The Balaban J connectivity index is 1.99. The number of aliphatic hydroxyl groups is 2. The minimum atomic E-state index is -0.409. The van der Waals surface area contributed by atoms with Gasteiger partial charge in [-0.05, 0) is 129 Å². The number of esters is 2. The van der Waals surface area contributed by atoms with Crippen LogP contribution in [0.3, 0.4) is 0 Å². The number of carbonyl (C=O) groups is 2. The highest BCUT2D eigenvalue weighted by molar-refractivity contribution is 5.87. The molecule has 2 aromatic carbocycles. The number of rotatable bonds is 23. The zero-order chi connectivity index (χ0) is 37.2. The molecule has 51 heavy (non-hydrogen) atoms. The molecule has 1 aliphatic rings. The van der Waals surface area contributed by atoms with E-state index >= 15 is 0 Å². The number of hydrogen-bond donors (Lipinski definition) is 2. The third-order valence-corrected chi connectivity index (χ3v) is 9.38. The number of carbonyl (C=O) groups excluding carboxylic acids is 2. The predicted octanol–water partition coefficient (Wildman–Crippen LogP) is 9.07. The monoisotopic (exact) mass is 700 g/mol. The first kappa shape index (κ1) is 41.5. The number of aliphatic hydroxyl groups excluding tert-OH is 2. The summed E-state index contributed by atoms with van der Waals surface area (Å²) in [5.41, 5.74) is 10.4. The lowest BCUT2D eigenvalue weighted by molar-refractivity contribution is -0.139. The Kier molecular flexibility index (Phi) is 18.0. The van der Waals surface area contributed by atoms with Gasteiger partial charge >= 0.3 is 11.9 Å². The van der Waals surface area contributed by atoms with Gasteiger partial charge in [-0.3, -0.25) is 0 Å². The Hall–Kier alpha value is -3.94. The summed E-state index contributed by atoms with van der Waals surface area (Å²) in [4.78, 5) is 24.1. The van der Waals surface area contributed by atoms with Gasteiger partial charge in [0.05, 0.1) is 19.8 Å². The van der Waals surface area contributed by atoms with Crippen LogP contribution in [0.1, 0.15) is 108 Å². The Morgan fingerprint density at radius 3 is 1.86 bits per heavy atom. The molecule has 3 rings (SSSR count). The standard InChI is InChI=1S/C44H60O7/c1-7-9-10-13-33-16-18-36(19-17-33)37-20-21-41(35(8-2)26-37)40-27-38(14-11-23-50-43(47)31(3)4)42(49-25-22-34(29-45)30-46)39(28-40)15-12-24-51-44(48)32(5)6/h16,18,20-21,26-28,34,45-46H,3,5,7-15,17,19,22-25,29-30H2,1-2,4,6H3. The minimum absolute atomic E-state index is 0.121. The summed E-state index contributed by atoms with van der Waals surface area (Å²) < 4.78 is 17.3. The van der Waals surface area contributed by atoms with Gasteiger partial charge < -0.3 is 24.4 Å². The summed E-state index contributed by atoms with van der Waals surface area (Å²) in [7, 11) is 0. The fraction of sp³-hybridized carbons (Fsp3) is 0.500. The molecule has 0 saturated carbocycles. The van der Waals surface area contributed by atoms with Crippen molar-refractivity contribution in [2.45, 2.75) is 105 Å². The van der Waals surface area contributed by atoms with E-state index in [1.54, 1.807) is 19.4 Å². The first-order valence-electron chi connectivity index (χ1n) is 18.8. The third-order valence-electron chi connectivity index (χ3n) is 9.38. The molecule has 0 unspecified atom stereocenters. The minimum Gasteiger partial charge on any atom is -0.493 e. The largest absolute Gasteiger partial charge is 0.493 e. The van der Waals surface area contributed by atoms with Crippen molar-refractivity contribution in [2.75, 3.05) is 33.0 Å². The summed E-state index contributed by atoms with van der Waals surface area (Å²) in [6.45, 7) is 15.6. The van der Waals surface area contributed by atoms with Crippen molar-refractivity contribution in [1.29, 1.82) is 0 Å². The van der Waals surface area contributed by atoms with E-state index in [-0.39, 0.29) is 32.3 Å². The van der Waals surface area contributed by atoms with Crippen molar-refractivity contribution in [3.63, 3.8) is 0 Å². The van der Waals surface area contributed by atoms with Crippen molar-refractivity contribution in [1.82, 2.24) is 0 Å². The lowest BCUT2D eigenvalue weighted by atomic mass is 9.87. The molecule has 0 amide bonds. The van der Waals surface area contributed by atoms with Crippen molar-refractivity contribution in [3.05, 3.63) is 94.6 Å². The summed E-state index contributed by atoms with van der Waals surface area (Å²) in [5, 5.41) is 19.3. The number of ether oxygens (including phenoxy) is 3. The molecule has 2 N–H and O–H groups in total. The first-order valence-corrected chi connectivity index (χ1v) is 18.8. The van der Waals surface area contributed by atoms with E-state index in [0.717, 1.165) is 47.3 Å². The highest BCUT2D eigenvalue weighted by Gasteiger charge is 2.18. The Labute approximate surface area is 306 Å². The van der Waals surface area contributed by atoms with Gasteiger partial charge in [0, 0.05) is 30.3 Å². The van der Waals surface area contributed by atoms with Gasteiger partial charge in [0.25, 0.3) is 0 Å². The summed E-state index contributed by atoms with van der Waals surface area (Å²) >= 11 is 0. The van der Waals surface area contributed by atoms with E-state index in [9.17, 15) is 19.8 Å². The van der Waals surface area contributed by atoms with Crippen LogP contribution in [-0.2, 0) is 38.3 Å². The highest BCUT2D eigenvalue weighted by atomic mass is 16.5. The molecular weight excluding hydrogens is 640 g/mol. The molecule has 0 spiro atoms. The van der Waals surface area contributed by atoms with E-state index in [2.05, 4.69) is 69.5 Å². The maximum atomic E-state index is 12.1. The van der Waals surface area contributed by atoms with Crippen LogP contribution in [0.25, 0.3) is 16.7 Å². The maximum Gasteiger partial charge on any atom is 0.333 e. The van der Waals surface area contributed by atoms with E-state index in [1.165, 1.54) is 42.4 Å². The van der Waals surface area contributed by atoms with Crippen LogP contribution >= 0.6 is 0 Å². The van der Waals surface area contributed by atoms with Crippen LogP contribution in [0.5, 0.6) is 5.75 Å². The average molecular weight is 701 g/mol. The van der Waals surface area contributed by atoms with Crippen LogP contribution in [0, 0.1) is 5.92 Å². The second-order valence-corrected chi connectivity index (χ2v) is 13.7. The zero-order valence-corrected chi connectivity index (χ0v) is 31.5. The van der Waals surface area contributed by atoms with Gasteiger partial charge in [-0.25, -0.2) is 9.59 Å². The summed E-state index contributed by atoms with van der Waals surface area (Å²) in [6.07, 6.45) is 15.5. The summed E-state index contributed by atoms with van der Waals surface area (Å²) in [5.74, 6) is -0.344. The molecule has 0 saturated heterocycles. The van der Waals surface area contributed by atoms with Crippen LogP contribution in [0.15, 0.2) is 72.4 Å². The molecule has 2 aromatic rings. The van der Waals surface area contributed by atoms with E-state index in [0.29, 0.717) is 49.9 Å². The van der Waals surface area contributed by atoms with Crippen LogP contribution in [0.4, 0.5) is 0 Å². The van der Waals surface area contributed by atoms with E-state index < -0.39 is 11.9 Å². The molecule has 0 fully saturated rings. The molecule has 7 heteroatoms. The van der Waals surface area contributed by atoms with Crippen molar-refractivity contribution < 1.29 is 34.0 Å². The van der Waals surface area contributed by atoms with Crippen LogP contribution < -0.4 is 4.74 Å². The molecule has 278 valence electrons. The fourth-order valence-electron chi connectivity index (χ4n) is 6.23. The lowest BCUT2D eigenvalue weighted by Crippen LogP contribution is -2.16. The molecular formula is C44H60O7. The normalized spacial score (nSPS) is 12.7. The molecule has 0 bridgehead atoms. The number of allylic oxidation sites excluding steroid dienone is 4. The molecule has 7 nitrogen and oxygen atoms in total. The quantitative estimate of drug-likeness (QED) is 0.0678. The van der Waals surface area contributed by atoms with Crippen molar-refractivity contribution in [2.24, 2.45) is 5.92 Å². The predicted molar refractivity (Wildman–Crippen MR) is 207 cm³/mol. The van der Waals surface area contributed by atoms with E-state index in [1.807, 2.05) is 0 Å². The number of aryl methyl sites for hydroxylation is 3. The second kappa shape index (κ2) is 22.1. The summed E-state index contributed by atoms with van der Waals surface area (Å²) in [6, 6.07) is 11.1. The molecule has 0 aromatic heterocycles. The number of benzene rings is 2. The van der Waals surface area contributed by atoms with Gasteiger partial charge in [0.2, 0.25) is 0 Å². The fourth-order valence-corrected chi connectivity index (χ4v) is 6.23. The molecule has 0 atom stereocenters. The topological polar surface area (TPSA) is 102 Å². The SMILES string of the molecule is C=C(C)C(=O)OCCCc1cc(-c2ccc(C3=CC=C(CCCCC)CC3)cc2CC)cc(CCCOC(=O)C(=C)C)c1OCCC(CO)CO. The van der Waals surface area contributed by atoms with Crippen molar-refractivity contribution >= 4 is 17.5 Å². The molecule has 0 radical (unpaired) electrons. The molecule has 0 heterocycles. The van der Waals surface area contributed by atoms with Crippen LogP contribution in [0.2, 0.25) is 0 Å². The third kappa shape index (κ3) is 13.3. The smallest absolute Gasteiger partial charge is 0.333 e. The molecule has 1 aliphatic carbocycles. The Bertz CT molecular complexity index is 1490.